The van der Waals surface area contributed by atoms with Gasteiger partial charge in [-0.2, -0.15) is 0 Å². The van der Waals surface area contributed by atoms with E-state index in [1.807, 2.05) is 24.4 Å². The fourth-order valence-corrected chi connectivity index (χ4v) is 5.05. The summed E-state index contributed by atoms with van der Waals surface area (Å²) in [6, 6.07) is 5.77. The van der Waals surface area contributed by atoms with Crippen LogP contribution in [0.15, 0.2) is 27.8 Å². The van der Waals surface area contributed by atoms with E-state index in [1.165, 1.54) is 16.2 Å². The highest BCUT2D eigenvalue weighted by Crippen LogP contribution is 2.21. The Balaban J connectivity index is 1.99. The van der Waals surface area contributed by atoms with E-state index in [0.717, 1.165) is 23.4 Å². The van der Waals surface area contributed by atoms with Crippen LogP contribution in [-0.4, -0.2) is 15.0 Å². The first kappa shape index (κ1) is 16.6. The maximum Gasteiger partial charge on any atom is 0.250 e. The molecule has 0 aliphatic rings. The standard InChI is InChI=1S/C14H20N2O2S3/c1-3-12-5-6-13(20-12)9-16-21(17,18)14-7-11(10-19-14)8-15-4-2/h5-7,10,15-16H,3-4,8-9H2,1-2H3. The third-order valence-corrected chi connectivity index (χ3v) is 7.10. The molecule has 2 rings (SSSR count). The molecule has 2 N–H and O–H groups in total. The first-order valence-corrected chi connectivity index (χ1v) is 10.1. The Morgan fingerprint density at radius 2 is 1.90 bits per heavy atom. The average molecular weight is 345 g/mol. The van der Waals surface area contributed by atoms with Crippen LogP contribution in [0.5, 0.6) is 0 Å². The lowest BCUT2D eigenvalue weighted by atomic mass is 10.3. The molecule has 2 heterocycles. The topological polar surface area (TPSA) is 58.2 Å². The van der Waals surface area contributed by atoms with Crippen molar-refractivity contribution >= 4 is 32.7 Å². The van der Waals surface area contributed by atoms with Gasteiger partial charge in [-0.3, -0.25) is 0 Å². The van der Waals surface area contributed by atoms with Crippen LogP contribution in [0.2, 0.25) is 0 Å². The van der Waals surface area contributed by atoms with Crippen molar-refractivity contribution in [2.75, 3.05) is 6.54 Å². The molecule has 0 spiro atoms. The first-order chi connectivity index (χ1) is 10.0. The summed E-state index contributed by atoms with van der Waals surface area (Å²) >= 11 is 2.92. The Bertz CT molecular complexity index is 674. The summed E-state index contributed by atoms with van der Waals surface area (Å²) < 4.78 is 27.6. The van der Waals surface area contributed by atoms with Gasteiger partial charge in [-0.25, -0.2) is 13.1 Å². The third kappa shape index (κ3) is 4.62. The minimum atomic E-state index is -3.41. The van der Waals surface area contributed by atoms with Gasteiger partial charge in [-0.05, 0) is 42.1 Å². The molecule has 0 aromatic carbocycles. The summed E-state index contributed by atoms with van der Waals surface area (Å²) in [6.45, 7) is 6.05. The van der Waals surface area contributed by atoms with Crippen molar-refractivity contribution < 1.29 is 8.42 Å². The zero-order valence-corrected chi connectivity index (χ0v) is 14.6. The van der Waals surface area contributed by atoms with Crippen LogP contribution in [-0.2, 0) is 29.5 Å². The third-order valence-electron chi connectivity index (χ3n) is 2.98. The van der Waals surface area contributed by atoms with Gasteiger partial charge in [0.1, 0.15) is 4.21 Å². The maximum absolute atomic E-state index is 12.3. The Kier molecular flexibility index (Phi) is 5.95. The van der Waals surface area contributed by atoms with Crippen LogP contribution in [0.25, 0.3) is 0 Å². The van der Waals surface area contributed by atoms with Gasteiger partial charge in [0, 0.05) is 22.8 Å². The molecule has 0 atom stereocenters. The Morgan fingerprint density at radius 3 is 2.57 bits per heavy atom. The van der Waals surface area contributed by atoms with Crippen molar-refractivity contribution in [1.82, 2.24) is 10.0 Å². The fraction of sp³-hybridized carbons (Fsp3) is 0.429. The lowest BCUT2D eigenvalue weighted by Crippen LogP contribution is -2.21. The van der Waals surface area contributed by atoms with Crippen LogP contribution in [0.3, 0.4) is 0 Å². The first-order valence-electron chi connectivity index (χ1n) is 6.90. The molecule has 0 aliphatic carbocycles. The molecule has 116 valence electrons. The molecule has 0 saturated heterocycles. The van der Waals surface area contributed by atoms with E-state index < -0.39 is 10.0 Å². The largest absolute Gasteiger partial charge is 0.313 e. The van der Waals surface area contributed by atoms with Gasteiger partial charge in [-0.1, -0.05) is 13.8 Å². The molecule has 21 heavy (non-hydrogen) atoms. The summed E-state index contributed by atoms with van der Waals surface area (Å²) in [5, 5.41) is 5.08. The summed E-state index contributed by atoms with van der Waals surface area (Å²) in [5.74, 6) is 0. The monoisotopic (exact) mass is 344 g/mol. The second-order valence-electron chi connectivity index (χ2n) is 4.60. The van der Waals surface area contributed by atoms with Crippen LogP contribution >= 0.6 is 22.7 Å². The number of sulfonamides is 1. The van der Waals surface area contributed by atoms with Crippen LogP contribution in [0, 0.1) is 0 Å². The second kappa shape index (κ2) is 7.51. The van der Waals surface area contributed by atoms with E-state index in [0.29, 0.717) is 17.3 Å². The predicted molar refractivity (Wildman–Crippen MR) is 89.4 cm³/mol. The molecule has 2 aromatic heterocycles. The average Bonchev–Trinajstić information content (AvgIpc) is 3.12. The quantitative estimate of drug-likeness (QED) is 0.774. The highest BCUT2D eigenvalue weighted by atomic mass is 32.2. The van der Waals surface area contributed by atoms with E-state index in [1.54, 1.807) is 17.4 Å². The molecule has 2 aromatic rings. The molecule has 0 amide bonds. The van der Waals surface area contributed by atoms with E-state index in [9.17, 15) is 8.42 Å². The van der Waals surface area contributed by atoms with Gasteiger partial charge in [0.15, 0.2) is 0 Å². The SMILES string of the molecule is CCNCc1csc(S(=O)(=O)NCc2ccc(CC)s2)c1. The van der Waals surface area contributed by atoms with Crippen LogP contribution < -0.4 is 10.0 Å². The molecule has 0 radical (unpaired) electrons. The van der Waals surface area contributed by atoms with Crippen LogP contribution in [0.4, 0.5) is 0 Å². The Hall–Kier alpha value is -0.730. The lowest BCUT2D eigenvalue weighted by Gasteiger charge is -2.03. The molecular weight excluding hydrogens is 324 g/mol. The number of hydrogen-bond acceptors (Lipinski definition) is 5. The molecule has 0 saturated carbocycles. The summed E-state index contributed by atoms with van der Waals surface area (Å²) in [5.41, 5.74) is 1.01. The normalized spacial score (nSPS) is 11.9. The van der Waals surface area contributed by atoms with E-state index in [-0.39, 0.29) is 0 Å². The number of rotatable bonds is 8. The van der Waals surface area contributed by atoms with Gasteiger partial charge < -0.3 is 5.32 Å². The molecule has 0 unspecified atom stereocenters. The number of aryl methyl sites for hydroxylation is 1. The van der Waals surface area contributed by atoms with Crippen molar-refractivity contribution in [2.24, 2.45) is 0 Å². The lowest BCUT2D eigenvalue weighted by molar-refractivity contribution is 0.584. The minimum Gasteiger partial charge on any atom is -0.313 e. The van der Waals surface area contributed by atoms with Gasteiger partial charge in [0.25, 0.3) is 0 Å². The highest BCUT2D eigenvalue weighted by Gasteiger charge is 2.16. The smallest absolute Gasteiger partial charge is 0.250 e. The van der Waals surface area contributed by atoms with Crippen molar-refractivity contribution in [3.05, 3.63) is 38.9 Å². The molecular formula is C14H20N2O2S3. The van der Waals surface area contributed by atoms with Gasteiger partial charge in [0.2, 0.25) is 10.0 Å². The van der Waals surface area contributed by atoms with Crippen LogP contribution in [0.1, 0.15) is 29.2 Å². The molecule has 0 fully saturated rings. The summed E-state index contributed by atoms with van der Waals surface area (Å²) in [7, 11) is -3.41. The van der Waals surface area contributed by atoms with E-state index in [2.05, 4.69) is 17.0 Å². The van der Waals surface area contributed by atoms with Gasteiger partial charge in [0.05, 0.1) is 0 Å². The summed E-state index contributed by atoms with van der Waals surface area (Å²) in [4.78, 5) is 2.31. The number of nitrogens with one attached hydrogen (secondary N) is 2. The Morgan fingerprint density at radius 1 is 1.14 bits per heavy atom. The van der Waals surface area contributed by atoms with Gasteiger partial charge in [-0.15, -0.1) is 22.7 Å². The highest BCUT2D eigenvalue weighted by molar-refractivity contribution is 7.91. The van der Waals surface area contributed by atoms with E-state index in [4.69, 9.17) is 0 Å². The molecule has 7 heteroatoms. The van der Waals surface area contributed by atoms with Crippen molar-refractivity contribution in [3.8, 4) is 0 Å². The summed E-state index contributed by atoms with van der Waals surface area (Å²) in [6.07, 6.45) is 0.982. The van der Waals surface area contributed by atoms with Crippen molar-refractivity contribution in [1.29, 1.82) is 0 Å². The predicted octanol–water partition coefficient (Wildman–Crippen LogP) is 2.96. The Labute approximate surface area is 134 Å². The van der Waals surface area contributed by atoms with Crippen molar-refractivity contribution in [2.45, 2.75) is 37.6 Å². The molecule has 4 nitrogen and oxygen atoms in total. The number of hydrogen-bond donors (Lipinski definition) is 2. The van der Waals surface area contributed by atoms with E-state index >= 15 is 0 Å². The molecule has 0 aliphatic heterocycles. The zero-order chi connectivity index (χ0) is 15.3. The molecule has 0 bridgehead atoms. The minimum absolute atomic E-state index is 0.355. The second-order valence-corrected chi connectivity index (χ2v) is 8.76. The van der Waals surface area contributed by atoms with Crippen molar-refractivity contribution in [3.63, 3.8) is 0 Å². The van der Waals surface area contributed by atoms with Gasteiger partial charge >= 0.3 is 0 Å². The zero-order valence-electron chi connectivity index (χ0n) is 12.2. The fourth-order valence-electron chi connectivity index (χ4n) is 1.80. The maximum atomic E-state index is 12.3. The number of thiophene rings is 2.